The van der Waals surface area contributed by atoms with Gasteiger partial charge in [0.25, 0.3) is 5.91 Å². The number of benzene rings is 1. The predicted molar refractivity (Wildman–Crippen MR) is 129 cm³/mol. The van der Waals surface area contributed by atoms with E-state index in [0.29, 0.717) is 41.2 Å². The second-order valence-electron chi connectivity index (χ2n) is 8.93. The third-order valence-corrected chi connectivity index (χ3v) is 6.67. The van der Waals surface area contributed by atoms with E-state index < -0.39 is 0 Å². The summed E-state index contributed by atoms with van der Waals surface area (Å²) in [5, 5.41) is 5.23. The van der Waals surface area contributed by atoms with E-state index in [1.165, 1.54) is 6.33 Å². The zero-order valence-electron chi connectivity index (χ0n) is 18.8. The van der Waals surface area contributed by atoms with Crippen LogP contribution >= 0.6 is 9.24 Å². The van der Waals surface area contributed by atoms with Gasteiger partial charge in [-0.3, -0.25) is 4.79 Å². The summed E-state index contributed by atoms with van der Waals surface area (Å²) >= 11 is 0. The second kappa shape index (κ2) is 7.55. The molecule has 1 N–H and O–H groups in total. The highest BCUT2D eigenvalue weighted by molar-refractivity contribution is 7.27. The van der Waals surface area contributed by atoms with Gasteiger partial charge in [-0.2, -0.15) is 0 Å². The molecule has 1 saturated carbocycles. The number of carbonyl (C=O) groups is 1. The molecule has 3 heterocycles. The number of aryl methyl sites for hydroxylation is 2. The molecule has 0 radical (unpaired) electrons. The van der Waals surface area contributed by atoms with Gasteiger partial charge in [0.2, 0.25) is 5.71 Å². The number of hydrogen-bond acceptors (Lipinski definition) is 6. The van der Waals surface area contributed by atoms with Gasteiger partial charge in [0.1, 0.15) is 23.7 Å². The highest BCUT2D eigenvalue weighted by atomic mass is 31.0. The highest BCUT2D eigenvalue weighted by Gasteiger charge is 2.38. The third-order valence-electron chi connectivity index (χ3n) is 6.31. The number of aromatic nitrogens is 4. The number of carbonyl (C=O) groups excluding carboxylic acids is 1. The van der Waals surface area contributed by atoms with Crippen molar-refractivity contribution in [3.63, 3.8) is 0 Å². The molecule has 1 atom stereocenters. The number of nitrogens with one attached hydrogen (secondary N) is 1. The van der Waals surface area contributed by atoms with Crippen LogP contribution in [0.15, 0.2) is 28.9 Å². The fraction of sp³-hybridized carbons (Fsp3) is 0.391. The van der Waals surface area contributed by atoms with Crippen LogP contribution in [0, 0.1) is 6.92 Å². The first-order chi connectivity index (χ1) is 15.3. The Morgan fingerprint density at radius 1 is 1.34 bits per heavy atom. The predicted octanol–water partition coefficient (Wildman–Crippen LogP) is 3.20. The number of hydrogen-bond donors (Lipinski definition) is 1. The second-order valence-corrected chi connectivity index (χ2v) is 9.60. The average molecular weight is 450 g/mol. The molecule has 3 aromatic heterocycles. The van der Waals surface area contributed by atoms with E-state index in [-0.39, 0.29) is 11.4 Å². The fourth-order valence-electron chi connectivity index (χ4n) is 4.05. The van der Waals surface area contributed by atoms with Gasteiger partial charge in [0.05, 0.1) is 22.0 Å². The first-order valence-electron chi connectivity index (χ1n) is 10.7. The van der Waals surface area contributed by atoms with Crippen LogP contribution in [0.4, 0.5) is 5.82 Å². The minimum absolute atomic E-state index is 0.0236. The summed E-state index contributed by atoms with van der Waals surface area (Å²) in [4.78, 5) is 28.6. The van der Waals surface area contributed by atoms with Crippen molar-refractivity contribution < 1.29 is 9.21 Å². The van der Waals surface area contributed by atoms with Crippen LogP contribution in [-0.2, 0) is 13.5 Å². The van der Waals surface area contributed by atoms with Crippen molar-refractivity contribution in [3.05, 3.63) is 41.7 Å². The van der Waals surface area contributed by atoms with E-state index in [0.717, 1.165) is 35.0 Å². The number of rotatable bonds is 6. The number of amides is 1. The van der Waals surface area contributed by atoms with Gasteiger partial charge in [-0.05, 0) is 44.1 Å². The standard InChI is InChI=1S/C23H27N6O2P/c1-13-18(19-20(27-23(2)8-9-23)24-12-25-21(19)31-13)22(30)28(3)10-7-17-26-15-11-14(32)5-6-16(15)29(17)4/h5-6,11-12H,7-10,32H2,1-4H3,(H,24,25,27). The molecule has 0 aliphatic heterocycles. The van der Waals surface area contributed by atoms with E-state index >= 15 is 0 Å². The Balaban J connectivity index is 1.40. The molecule has 1 aromatic carbocycles. The number of nitrogens with zero attached hydrogens (tertiary/aromatic N) is 5. The quantitative estimate of drug-likeness (QED) is 0.454. The molecule has 4 aromatic rings. The van der Waals surface area contributed by atoms with Gasteiger partial charge in [0, 0.05) is 32.6 Å². The summed E-state index contributed by atoms with van der Waals surface area (Å²) in [6, 6.07) is 6.17. The fourth-order valence-corrected chi connectivity index (χ4v) is 4.30. The third kappa shape index (κ3) is 3.62. The van der Waals surface area contributed by atoms with E-state index in [1.54, 1.807) is 11.8 Å². The van der Waals surface area contributed by atoms with E-state index in [2.05, 4.69) is 48.1 Å². The number of anilines is 1. The first kappa shape index (κ1) is 20.9. The van der Waals surface area contributed by atoms with Gasteiger partial charge in [0.15, 0.2) is 0 Å². The van der Waals surface area contributed by atoms with Crippen LogP contribution in [0.2, 0.25) is 0 Å². The first-order valence-corrected chi connectivity index (χ1v) is 11.3. The zero-order chi connectivity index (χ0) is 22.6. The Bertz CT molecular complexity index is 1350. The minimum Gasteiger partial charge on any atom is -0.442 e. The monoisotopic (exact) mass is 450 g/mol. The van der Waals surface area contributed by atoms with E-state index in [4.69, 9.17) is 9.40 Å². The molecule has 1 fully saturated rings. The summed E-state index contributed by atoms with van der Waals surface area (Å²) in [5.41, 5.74) is 3.02. The number of imidazole rings is 1. The van der Waals surface area contributed by atoms with Gasteiger partial charge < -0.3 is 19.2 Å². The van der Waals surface area contributed by atoms with Gasteiger partial charge >= 0.3 is 0 Å². The van der Waals surface area contributed by atoms with Crippen LogP contribution in [0.25, 0.3) is 22.1 Å². The van der Waals surface area contributed by atoms with E-state index in [1.807, 2.05) is 20.2 Å². The maximum Gasteiger partial charge on any atom is 0.257 e. The molecule has 0 saturated heterocycles. The Labute approximate surface area is 188 Å². The molecule has 166 valence electrons. The molecule has 9 heteroatoms. The van der Waals surface area contributed by atoms with Crippen LogP contribution in [0.3, 0.4) is 0 Å². The number of fused-ring (bicyclic) bond motifs is 2. The average Bonchev–Trinajstić information content (AvgIpc) is 3.25. The van der Waals surface area contributed by atoms with Crippen LogP contribution in [0.1, 0.15) is 41.7 Å². The van der Waals surface area contributed by atoms with Crippen LogP contribution in [0.5, 0.6) is 0 Å². The summed E-state index contributed by atoms with van der Waals surface area (Å²) in [6.45, 7) is 4.49. The SMILES string of the molecule is Cc1oc2ncnc(NC3(C)CC3)c2c1C(=O)N(C)CCc1nc2cc(P)ccc2n1C. The van der Waals surface area contributed by atoms with Crippen molar-refractivity contribution >= 4 is 48.4 Å². The molecule has 5 rings (SSSR count). The normalized spacial score (nSPS) is 14.8. The lowest BCUT2D eigenvalue weighted by Crippen LogP contribution is -2.30. The molecule has 8 nitrogen and oxygen atoms in total. The Kier molecular flexibility index (Phi) is 4.93. The molecular formula is C23H27N6O2P. The lowest BCUT2D eigenvalue weighted by atomic mass is 10.1. The molecule has 1 aliphatic rings. The van der Waals surface area contributed by atoms with Gasteiger partial charge in [-0.15, -0.1) is 9.24 Å². The molecule has 0 bridgehead atoms. The van der Waals surface area contributed by atoms with Crippen molar-refractivity contribution in [2.24, 2.45) is 7.05 Å². The molecule has 1 unspecified atom stereocenters. The topological polar surface area (TPSA) is 89.1 Å². The van der Waals surface area contributed by atoms with Crippen molar-refractivity contribution in [3.8, 4) is 0 Å². The van der Waals surface area contributed by atoms with Crippen molar-refractivity contribution in [1.82, 2.24) is 24.4 Å². The maximum absolute atomic E-state index is 13.4. The molecular weight excluding hydrogens is 423 g/mol. The lowest BCUT2D eigenvalue weighted by Gasteiger charge is -2.18. The Morgan fingerprint density at radius 2 is 2.12 bits per heavy atom. The molecule has 32 heavy (non-hydrogen) atoms. The summed E-state index contributed by atoms with van der Waals surface area (Å²) in [5.74, 6) is 2.05. The van der Waals surface area contributed by atoms with Crippen LogP contribution < -0.4 is 10.6 Å². The summed E-state index contributed by atoms with van der Waals surface area (Å²) in [6.07, 6.45) is 4.28. The Morgan fingerprint density at radius 3 is 2.88 bits per heavy atom. The lowest BCUT2D eigenvalue weighted by molar-refractivity contribution is 0.0795. The molecule has 0 spiro atoms. The maximum atomic E-state index is 13.4. The highest BCUT2D eigenvalue weighted by Crippen LogP contribution is 2.40. The number of furan rings is 1. The number of likely N-dealkylation sites (N-methyl/N-ethyl adjacent to an activating group) is 1. The largest absolute Gasteiger partial charge is 0.442 e. The Hall–Kier alpha value is -2.99. The van der Waals surface area contributed by atoms with Gasteiger partial charge in [-0.1, -0.05) is 6.07 Å². The van der Waals surface area contributed by atoms with Crippen LogP contribution in [-0.4, -0.2) is 49.5 Å². The zero-order valence-corrected chi connectivity index (χ0v) is 19.9. The summed E-state index contributed by atoms with van der Waals surface area (Å²) < 4.78 is 7.91. The van der Waals surface area contributed by atoms with Crippen molar-refractivity contribution in [1.29, 1.82) is 0 Å². The van der Waals surface area contributed by atoms with E-state index in [9.17, 15) is 4.79 Å². The minimum atomic E-state index is -0.106. The van der Waals surface area contributed by atoms with Gasteiger partial charge in [-0.25, -0.2) is 15.0 Å². The smallest absolute Gasteiger partial charge is 0.257 e. The molecule has 1 aliphatic carbocycles. The molecule has 1 amide bonds. The summed E-state index contributed by atoms with van der Waals surface area (Å²) in [7, 11) is 6.52. The van der Waals surface area contributed by atoms with Crippen molar-refractivity contribution in [2.45, 2.75) is 38.6 Å². The van der Waals surface area contributed by atoms with Crippen molar-refractivity contribution in [2.75, 3.05) is 18.9 Å².